The van der Waals surface area contributed by atoms with Crippen LogP contribution in [0, 0.1) is 0 Å². The minimum absolute atomic E-state index is 0.0289. The number of hydrogen-bond acceptors (Lipinski definition) is 4. The molecule has 0 radical (unpaired) electrons. The van der Waals surface area contributed by atoms with Crippen molar-refractivity contribution in [1.82, 2.24) is 0 Å². The highest BCUT2D eigenvalue weighted by molar-refractivity contribution is 7.92. The minimum Gasteiger partial charge on any atom is -0.280 e. The van der Waals surface area contributed by atoms with E-state index in [9.17, 15) is 43.2 Å². The van der Waals surface area contributed by atoms with Gasteiger partial charge in [0.25, 0.3) is 10.0 Å². The van der Waals surface area contributed by atoms with Crippen LogP contribution in [0.1, 0.15) is 11.1 Å². The van der Waals surface area contributed by atoms with E-state index in [2.05, 4.69) is 0 Å². The number of hydrogen-bond donors (Lipinski definition) is 2. The van der Waals surface area contributed by atoms with Crippen molar-refractivity contribution in [3.63, 3.8) is 0 Å². The summed E-state index contributed by atoms with van der Waals surface area (Å²) in [6, 6.07) is 3.71. The van der Waals surface area contributed by atoms with Crippen LogP contribution in [0.25, 0.3) is 0 Å². The highest BCUT2D eigenvalue weighted by atomic mass is 32.2. The lowest BCUT2D eigenvalue weighted by atomic mass is 10.1. The van der Waals surface area contributed by atoms with Gasteiger partial charge in [0, 0.05) is 0 Å². The molecule has 2 aromatic carbocycles. The summed E-state index contributed by atoms with van der Waals surface area (Å²) >= 11 is 0. The average molecular weight is 448 g/mol. The van der Waals surface area contributed by atoms with Crippen LogP contribution < -0.4 is 9.86 Å². The van der Waals surface area contributed by atoms with Crippen LogP contribution in [-0.2, 0) is 32.4 Å². The third-order valence-electron chi connectivity index (χ3n) is 3.29. The number of alkyl halides is 6. The number of nitrogens with two attached hydrogens (primary N) is 1. The van der Waals surface area contributed by atoms with Gasteiger partial charge in [0.15, 0.2) is 0 Å². The van der Waals surface area contributed by atoms with Gasteiger partial charge in [-0.05, 0) is 36.4 Å². The first kappa shape index (κ1) is 22.0. The molecule has 0 aromatic heterocycles. The molecule has 0 aliphatic rings. The molecule has 0 unspecified atom stereocenters. The van der Waals surface area contributed by atoms with Gasteiger partial charge in [-0.2, -0.15) is 26.3 Å². The maximum atomic E-state index is 12.9. The Balaban J connectivity index is 2.57. The van der Waals surface area contributed by atoms with E-state index < -0.39 is 59.0 Å². The zero-order valence-electron chi connectivity index (χ0n) is 13.3. The lowest BCUT2D eigenvalue weighted by Gasteiger charge is -2.15. The van der Waals surface area contributed by atoms with E-state index in [1.165, 1.54) is 0 Å². The monoisotopic (exact) mass is 448 g/mol. The molecule has 2 aromatic rings. The van der Waals surface area contributed by atoms with Crippen molar-refractivity contribution < 1.29 is 43.2 Å². The van der Waals surface area contributed by atoms with E-state index in [1.807, 2.05) is 0 Å². The maximum absolute atomic E-state index is 12.9. The van der Waals surface area contributed by atoms with Gasteiger partial charge >= 0.3 is 12.4 Å². The fourth-order valence-electron chi connectivity index (χ4n) is 2.03. The van der Waals surface area contributed by atoms with Gasteiger partial charge in [-0.1, -0.05) is 6.07 Å². The molecule has 154 valence electrons. The summed E-state index contributed by atoms with van der Waals surface area (Å²) in [5.41, 5.74) is -4.07. The zero-order chi connectivity index (χ0) is 21.5. The van der Waals surface area contributed by atoms with Crippen molar-refractivity contribution >= 4 is 25.7 Å². The van der Waals surface area contributed by atoms with Gasteiger partial charge in [0.2, 0.25) is 10.0 Å². The Bertz CT molecular complexity index is 1080. The molecule has 6 nitrogen and oxygen atoms in total. The molecule has 0 heterocycles. The lowest BCUT2D eigenvalue weighted by molar-refractivity contribution is -0.143. The molecule has 28 heavy (non-hydrogen) atoms. The van der Waals surface area contributed by atoms with Gasteiger partial charge < -0.3 is 0 Å². The number of primary sulfonamides is 1. The summed E-state index contributed by atoms with van der Waals surface area (Å²) in [6.45, 7) is 0. The normalized spacial score (nSPS) is 13.4. The van der Waals surface area contributed by atoms with E-state index in [0.29, 0.717) is 0 Å². The number of benzene rings is 2. The summed E-state index contributed by atoms with van der Waals surface area (Å²) in [6.07, 6.45) is -10.5. The van der Waals surface area contributed by atoms with Crippen molar-refractivity contribution in [3.8, 4) is 0 Å². The molecule has 0 saturated heterocycles. The molecule has 0 saturated carbocycles. The Morgan fingerprint density at radius 3 is 1.68 bits per heavy atom. The standard InChI is InChI=1S/C14H10F6N2O4S2/c15-13(16,17)8-4-9(14(18,19)20)6-12(5-8)28(25,26)22-10-2-1-3-11(7-10)27(21,23)24/h1-7,22H,(H2,21,23,24). The van der Waals surface area contributed by atoms with Crippen molar-refractivity contribution in [3.05, 3.63) is 53.6 Å². The second-order valence-electron chi connectivity index (χ2n) is 5.42. The van der Waals surface area contributed by atoms with E-state index in [1.54, 1.807) is 4.72 Å². The average Bonchev–Trinajstić information content (AvgIpc) is 2.52. The first-order valence-corrected chi connectivity index (χ1v) is 9.98. The Kier molecular flexibility index (Phi) is 5.44. The summed E-state index contributed by atoms with van der Waals surface area (Å²) in [7, 11) is -9.16. The van der Waals surface area contributed by atoms with Crippen molar-refractivity contribution in [2.45, 2.75) is 22.1 Å². The van der Waals surface area contributed by atoms with Crippen LogP contribution in [0.5, 0.6) is 0 Å². The quantitative estimate of drug-likeness (QED) is 0.701. The molecule has 0 fully saturated rings. The zero-order valence-corrected chi connectivity index (χ0v) is 15.0. The predicted octanol–water partition coefficient (Wildman–Crippen LogP) is 3.17. The fourth-order valence-corrected chi connectivity index (χ4v) is 3.71. The Hall–Kier alpha value is -2.32. The molecular formula is C14H10F6N2O4S2. The van der Waals surface area contributed by atoms with Crippen LogP contribution in [0.3, 0.4) is 0 Å². The van der Waals surface area contributed by atoms with E-state index in [4.69, 9.17) is 5.14 Å². The second-order valence-corrected chi connectivity index (χ2v) is 8.66. The highest BCUT2D eigenvalue weighted by Crippen LogP contribution is 2.37. The summed E-state index contributed by atoms with van der Waals surface area (Å²) in [5, 5.41) is 4.88. The van der Waals surface area contributed by atoms with Crippen LogP contribution in [-0.4, -0.2) is 16.8 Å². The number of halogens is 6. The van der Waals surface area contributed by atoms with Gasteiger partial charge in [0.05, 0.1) is 26.6 Å². The molecule has 14 heteroatoms. The third kappa shape index (κ3) is 5.14. The summed E-state index contributed by atoms with van der Waals surface area (Å²) < 4.78 is 126. The van der Waals surface area contributed by atoms with E-state index >= 15 is 0 Å². The van der Waals surface area contributed by atoms with Gasteiger partial charge in [0.1, 0.15) is 0 Å². The third-order valence-corrected chi connectivity index (χ3v) is 5.56. The van der Waals surface area contributed by atoms with Gasteiger partial charge in [-0.25, -0.2) is 22.0 Å². The highest BCUT2D eigenvalue weighted by Gasteiger charge is 2.38. The van der Waals surface area contributed by atoms with E-state index in [0.717, 1.165) is 24.3 Å². The maximum Gasteiger partial charge on any atom is 0.416 e. The van der Waals surface area contributed by atoms with Crippen LogP contribution in [0.15, 0.2) is 52.3 Å². The Morgan fingerprint density at radius 1 is 0.750 bits per heavy atom. The molecule has 3 N–H and O–H groups in total. The topological polar surface area (TPSA) is 106 Å². The van der Waals surface area contributed by atoms with Crippen LogP contribution >= 0.6 is 0 Å². The van der Waals surface area contributed by atoms with Crippen molar-refractivity contribution in [2.24, 2.45) is 5.14 Å². The molecule has 0 atom stereocenters. The molecule has 0 amide bonds. The summed E-state index contributed by atoms with van der Waals surface area (Å²) in [4.78, 5) is -1.83. The SMILES string of the molecule is NS(=O)(=O)c1cccc(NS(=O)(=O)c2cc(C(F)(F)F)cc(C(F)(F)F)c2)c1. The smallest absolute Gasteiger partial charge is 0.280 e. The number of rotatable bonds is 4. The lowest BCUT2D eigenvalue weighted by Crippen LogP contribution is -2.18. The largest absolute Gasteiger partial charge is 0.416 e. The van der Waals surface area contributed by atoms with E-state index in [-0.39, 0.29) is 18.2 Å². The second kappa shape index (κ2) is 6.93. The molecule has 2 rings (SSSR count). The van der Waals surface area contributed by atoms with Crippen molar-refractivity contribution in [2.75, 3.05) is 4.72 Å². The minimum atomic E-state index is -5.24. The predicted molar refractivity (Wildman–Crippen MR) is 85.1 cm³/mol. The Labute approximate surface area is 155 Å². The molecule has 0 aliphatic carbocycles. The van der Waals surface area contributed by atoms with Crippen LogP contribution in [0.2, 0.25) is 0 Å². The number of nitrogens with one attached hydrogen (secondary N) is 1. The van der Waals surface area contributed by atoms with Gasteiger partial charge in [-0.15, -0.1) is 0 Å². The van der Waals surface area contributed by atoms with Gasteiger partial charge in [-0.3, -0.25) is 4.72 Å². The Morgan fingerprint density at radius 2 is 1.25 bits per heavy atom. The fraction of sp³-hybridized carbons (Fsp3) is 0.143. The molecule has 0 spiro atoms. The van der Waals surface area contributed by atoms with Crippen LogP contribution in [0.4, 0.5) is 32.0 Å². The molecule has 0 aliphatic heterocycles. The molecule has 0 bridgehead atoms. The number of sulfonamides is 2. The van der Waals surface area contributed by atoms with Crippen molar-refractivity contribution in [1.29, 1.82) is 0 Å². The first-order chi connectivity index (χ1) is 12.5. The first-order valence-electron chi connectivity index (χ1n) is 6.95. The molecular weight excluding hydrogens is 438 g/mol. The summed E-state index contributed by atoms with van der Waals surface area (Å²) in [5.74, 6) is 0. The number of anilines is 1.